The fourth-order valence-electron chi connectivity index (χ4n) is 2.96. The van der Waals surface area contributed by atoms with E-state index in [1.807, 2.05) is 0 Å². The molecule has 0 heterocycles. The third-order valence-corrected chi connectivity index (χ3v) is 5.59. The highest BCUT2D eigenvalue weighted by Gasteiger charge is 2.05. The van der Waals surface area contributed by atoms with Gasteiger partial charge >= 0.3 is 0 Å². The molecule has 5 nitrogen and oxygen atoms in total. The van der Waals surface area contributed by atoms with Crippen LogP contribution in [0.2, 0.25) is 0 Å². The molecule has 1 aromatic rings. The summed E-state index contributed by atoms with van der Waals surface area (Å²) in [6, 6.07) is 7.42. The Morgan fingerprint density at radius 3 is 1.73 bits per heavy atom. The van der Waals surface area contributed by atoms with Gasteiger partial charge in [0.05, 0.1) is 4.90 Å². The third kappa shape index (κ3) is 19.6. The van der Waals surface area contributed by atoms with Crippen LogP contribution in [-0.2, 0) is 14.9 Å². The molecule has 0 saturated carbocycles. The number of nitrogens with two attached hydrogens (primary N) is 1. The van der Waals surface area contributed by atoms with Crippen molar-refractivity contribution >= 4 is 16.0 Å². The summed E-state index contributed by atoms with van der Waals surface area (Å²) in [4.78, 5) is 10.5. The van der Waals surface area contributed by atoms with Crippen LogP contribution in [0.4, 0.5) is 0 Å². The Morgan fingerprint density at radius 1 is 0.833 bits per heavy atom. The molecule has 0 bridgehead atoms. The van der Waals surface area contributed by atoms with Gasteiger partial charge in [-0.05, 0) is 44.2 Å². The van der Waals surface area contributed by atoms with Crippen molar-refractivity contribution < 1.29 is 17.8 Å². The molecule has 0 saturated heterocycles. The van der Waals surface area contributed by atoms with Crippen molar-refractivity contribution in [3.05, 3.63) is 42.5 Å². The number of carbonyl (C=O) groups is 1. The minimum atomic E-state index is -4.00. The Labute approximate surface area is 183 Å². The molecule has 0 radical (unpaired) electrons. The number of hydrogen-bond donors (Lipinski definition) is 2. The summed E-state index contributed by atoms with van der Waals surface area (Å²) in [5, 5.41) is 0. The summed E-state index contributed by atoms with van der Waals surface area (Å²) < 4.78 is 29.2. The minimum absolute atomic E-state index is 0.0741. The lowest BCUT2D eigenvalue weighted by molar-refractivity contribution is -0.118. The maximum atomic E-state index is 10.5. The molecule has 0 aliphatic rings. The van der Waals surface area contributed by atoms with Gasteiger partial charge < -0.3 is 5.73 Å². The fraction of sp³-hybridized carbons (Fsp3) is 0.625. The van der Waals surface area contributed by atoms with Gasteiger partial charge in [-0.15, -0.1) is 0 Å². The summed E-state index contributed by atoms with van der Waals surface area (Å²) in [6.07, 6.45) is 21.9. The lowest BCUT2D eigenvalue weighted by Crippen LogP contribution is -2.09. The van der Waals surface area contributed by atoms with E-state index in [0.29, 0.717) is 6.42 Å². The van der Waals surface area contributed by atoms with Crippen molar-refractivity contribution in [2.24, 2.45) is 5.73 Å². The van der Waals surface area contributed by atoms with Crippen LogP contribution in [0.1, 0.15) is 96.8 Å². The average Bonchev–Trinajstić information content (AvgIpc) is 2.71. The largest absolute Gasteiger partial charge is 0.370 e. The van der Waals surface area contributed by atoms with Crippen LogP contribution in [0, 0.1) is 0 Å². The Kier molecular flexibility index (Phi) is 18.2. The maximum absolute atomic E-state index is 10.5. The number of allylic oxidation sites excluding steroid dienone is 2. The third-order valence-electron chi connectivity index (χ3n) is 4.73. The quantitative estimate of drug-likeness (QED) is 0.176. The number of hydrogen-bond acceptors (Lipinski definition) is 3. The molecule has 0 unspecified atom stereocenters. The summed E-state index contributed by atoms with van der Waals surface area (Å²) in [5.41, 5.74) is 5.10. The Balaban J connectivity index is 0.000000696. The van der Waals surface area contributed by atoms with Crippen molar-refractivity contribution in [3.63, 3.8) is 0 Å². The molecule has 0 atom stereocenters. The molecule has 0 fully saturated rings. The fourth-order valence-corrected chi connectivity index (χ4v) is 3.46. The van der Waals surface area contributed by atoms with E-state index in [9.17, 15) is 13.2 Å². The number of rotatable bonds is 16. The molecule has 30 heavy (non-hydrogen) atoms. The van der Waals surface area contributed by atoms with E-state index in [4.69, 9.17) is 10.3 Å². The molecule has 3 N–H and O–H groups in total. The lowest BCUT2D eigenvalue weighted by atomic mass is 10.1. The van der Waals surface area contributed by atoms with E-state index < -0.39 is 10.1 Å². The van der Waals surface area contributed by atoms with Gasteiger partial charge in [-0.1, -0.05) is 88.6 Å². The van der Waals surface area contributed by atoms with E-state index in [0.717, 1.165) is 12.8 Å². The van der Waals surface area contributed by atoms with Gasteiger partial charge in [-0.2, -0.15) is 8.42 Å². The first-order valence-electron chi connectivity index (χ1n) is 11.3. The van der Waals surface area contributed by atoms with Crippen molar-refractivity contribution in [3.8, 4) is 0 Å². The summed E-state index contributed by atoms with van der Waals surface area (Å²) in [6.45, 7) is 2.26. The molecular formula is C24H41NO4S. The second-order valence-corrected chi connectivity index (χ2v) is 9.01. The topological polar surface area (TPSA) is 97.5 Å². The predicted molar refractivity (Wildman–Crippen MR) is 125 cm³/mol. The second-order valence-electron chi connectivity index (χ2n) is 7.59. The standard InChI is InChI=1S/C18H35NO.C6H6O3S/c1-2-3-4-5-6-7-8-9-10-11-12-13-14-15-16-17-18(19)20;7-10(8,9)6-4-2-1-3-5-6/h9-10H,2-8,11-17H2,1H3,(H2,19,20);1-5H,(H,7,8,9)/b10-9-;. The molecular weight excluding hydrogens is 398 g/mol. The molecule has 0 aliphatic carbocycles. The normalized spacial score (nSPS) is 11.3. The van der Waals surface area contributed by atoms with Crippen molar-refractivity contribution in [1.82, 2.24) is 0 Å². The molecule has 172 valence electrons. The summed E-state index contributed by atoms with van der Waals surface area (Å²) in [7, 11) is -4.00. The first-order valence-corrected chi connectivity index (χ1v) is 12.8. The number of carbonyl (C=O) groups excluding carboxylic acids is 1. The smallest absolute Gasteiger partial charge is 0.294 e. The SMILES string of the molecule is CCCCCCCC/C=C\CCCCCCCC(N)=O.O=S(=O)(O)c1ccccc1. The molecule has 1 aromatic carbocycles. The summed E-state index contributed by atoms with van der Waals surface area (Å²) in [5.74, 6) is -0.164. The van der Waals surface area contributed by atoms with Crippen LogP contribution >= 0.6 is 0 Å². The van der Waals surface area contributed by atoms with Crippen LogP contribution in [0.25, 0.3) is 0 Å². The van der Waals surface area contributed by atoms with Crippen LogP contribution in [0.15, 0.2) is 47.4 Å². The molecule has 0 aliphatic heterocycles. The molecule has 0 aromatic heterocycles. The zero-order chi connectivity index (χ0) is 22.5. The van der Waals surface area contributed by atoms with E-state index >= 15 is 0 Å². The zero-order valence-corrected chi connectivity index (χ0v) is 19.4. The monoisotopic (exact) mass is 439 g/mol. The average molecular weight is 440 g/mol. The van der Waals surface area contributed by atoms with E-state index in [1.54, 1.807) is 18.2 Å². The van der Waals surface area contributed by atoms with E-state index in [2.05, 4.69) is 19.1 Å². The number of amides is 1. The van der Waals surface area contributed by atoms with Gasteiger partial charge in [0, 0.05) is 6.42 Å². The Morgan fingerprint density at radius 2 is 1.30 bits per heavy atom. The van der Waals surface area contributed by atoms with E-state index in [-0.39, 0.29) is 10.8 Å². The van der Waals surface area contributed by atoms with Crippen molar-refractivity contribution in [2.45, 2.75) is 102 Å². The highest BCUT2D eigenvalue weighted by atomic mass is 32.2. The van der Waals surface area contributed by atoms with Gasteiger partial charge in [0.1, 0.15) is 0 Å². The maximum Gasteiger partial charge on any atom is 0.294 e. The highest BCUT2D eigenvalue weighted by Crippen LogP contribution is 2.09. The van der Waals surface area contributed by atoms with Crippen LogP contribution in [-0.4, -0.2) is 18.9 Å². The number of benzene rings is 1. The summed E-state index contributed by atoms with van der Waals surface area (Å²) >= 11 is 0. The predicted octanol–water partition coefficient (Wildman–Crippen LogP) is 6.44. The van der Waals surface area contributed by atoms with Gasteiger partial charge in [0.15, 0.2) is 0 Å². The Hall–Kier alpha value is -1.66. The van der Waals surface area contributed by atoms with Gasteiger partial charge in [-0.25, -0.2) is 0 Å². The van der Waals surface area contributed by atoms with Crippen LogP contribution in [0.5, 0.6) is 0 Å². The first kappa shape index (κ1) is 28.3. The van der Waals surface area contributed by atoms with Gasteiger partial charge in [0.2, 0.25) is 5.91 Å². The van der Waals surface area contributed by atoms with Gasteiger partial charge in [0.25, 0.3) is 10.1 Å². The highest BCUT2D eigenvalue weighted by molar-refractivity contribution is 7.85. The number of primary amides is 1. The lowest BCUT2D eigenvalue weighted by Gasteiger charge is -1.99. The molecule has 1 rings (SSSR count). The van der Waals surface area contributed by atoms with Gasteiger partial charge in [-0.3, -0.25) is 9.35 Å². The Bertz CT molecular complexity index is 657. The number of unbranched alkanes of at least 4 members (excludes halogenated alkanes) is 11. The van der Waals surface area contributed by atoms with Crippen LogP contribution < -0.4 is 5.73 Å². The molecule has 6 heteroatoms. The van der Waals surface area contributed by atoms with Crippen molar-refractivity contribution in [1.29, 1.82) is 0 Å². The molecule has 1 amide bonds. The van der Waals surface area contributed by atoms with Crippen LogP contribution in [0.3, 0.4) is 0 Å². The first-order chi connectivity index (χ1) is 14.4. The second kappa shape index (κ2) is 19.3. The molecule has 0 spiro atoms. The zero-order valence-electron chi connectivity index (χ0n) is 18.6. The minimum Gasteiger partial charge on any atom is -0.370 e. The van der Waals surface area contributed by atoms with E-state index in [1.165, 1.54) is 82.8 Å². The van der Waals surface area contributed by atoms with Crippen molar-refractivity contribution in [2.75, 3.05) is 0 Å².